The molecule has 3 aromatic rings. The Morgan fingerprint density at radius 2 is 2.10 bits per heavy atom. The van der Waals surface area contributed by atoms with E-state index in [2.05, 4.69) is 4.98 Å². The number of esters is 1. The minimum atomic E-state index is -0.536. The first-order valence-corrected chi connectivity index (χ1v) is 9.65. The van der Waals surface area contributed by atoms with Crippen LogP contribution in [0.5, 0.6) is 5.75 Å². The van der Waals surface area contributed by atoms with Gasteiger partial charge in [0.25, 0.3) is 5.91 Å². The molecule has 0 N–H and O–H groups in total. The predicted molar refractivity (Wildman–Crippen MR) is 109 cm³/mol. The number of halogens is 1. The maximum atomic E-state index is 12.4. The average molecular weight is 414 g/mol. The zero-order valence-corrected chi connectivity index (χ0v) is 16.8. The van der Waals surface area contributed by atoms with E-state index in [0.29, 0.717) is 22.3 Å². The van der Waals surface area contributed by atoms with Gasteiger partial charge in [0.1, 0.15) is 5.75 Å². The van der Waals surface area contributed by atoms with Crippen molar-refractivity contribution in [2.45, 2.75) is 19.4 Å². The first-order chi connectivity index (χ1) is 13.9. The summed E-state index contributed by atoms with van der Waals surface area (Å²) in [6.07, 6.45) is -0.466. The van der Waals surface area contributed by atoms with Gasteiger partial charge in [0.05, 0.1) is 23.1 Å². The third-order valence-electron chi connectivity index (χ3n) is 4.90. The minimum absolute atomic E-state index is 0.0368. The van der Waals surface area contributed by atoms with Gasteiger partial charge in [-0.05, 0) is 37.3 Å². The van der Waals surface area contributed by atoms with Gasteiger partial charge in [-0.2, -0.15) is 0 Å². The van der Waals surface area contributed by atoms with E-state index in [1.807, 2.05) is 29.8 Å². The lowest BCUT2D eigenvalue weighted by atomic mass is 10.2. The highest BCUT2D eigenvalue weighted by atomic mass is 35.5. The molecule has 29 heavy (non-hydrogen) atoms. The lowest BCUT2D eigenvalue weighted by Crippen LogP contribution is -2.40. The summed E-state index contributed by atoms with van der Waals surface area (Å²) in [5.41, 5.74) is 2.31. The molecule has 0 radical (unpaired) electrons. The summed E-state index contributed by atoms with van der Waals surface area (Å²) < 4.78 is 12.9. The van der Waals surface area contributed by atoms with Crippen LogP contribution in [0.4, 0.5) is 5.69 Å². The second-order valence-corrected chi connectivity index (χ2v) is 7.28. The van der Waals surface area contributed by atoms with Crippen LogP contribution in [0.3, 0.4) is 0 Å². The predicted octanol–water partition coefficient (Wildman–Crippen LogP) is 3.65. The molecule has 0 unspecified atom stereocenters. The molecule has 0 saturated carbocycles. The van der Waals surface area contributed by atoms with Crippen molar-refractivity contribution in [1.29, 1.82) is 0 Å². The molecule has 2 heterocycles. The number of aromatic nitrogens is 2. The number of hydrogen-bond donors (Lipinski definition) is 0. The Morgan fingerprint density at radius 3 is 2.93 bits per heavy atom. The number of anilines is 1. The topological polar surface area (TPSA) is 73.7 Å². The second-order valence-electron chi connectivity index (χ2n) is 6.85. The molecule has 150 valence electrons. The number of carbonyl (C=O) groups excluding carboxylic acids is 2. The van der Waals surface area contributed by atoms with Crippen LogP contribution in [0.1, 0.15) is 25.3 Å². The molecule has 2 aromatic carbocycles. The van der Waals surface area contributed by atoms with Gasteiger partial charge in [-0.1, -0.05) is 23.7 Å². The Kier molecular flexibility index (Phi) is 5.15. The highest BCUT2D eigenvalue weighted by Crippen LogP contribution is 2.31. The van der Waals surface area contributed by atoms with Gasteiger partial charge < -0.3 is 18.9 Å². The zero-order chi connectivity index (χ0) is 20.5. The van der Waals surface area contributed by atoms with Crippen molar-refractivity contribution in [2.75, 3.05) is 18.1 Å². The SMILES string of the molecule is C[C@@H](OC(=O)CCN1C(=O)COc2ccccc21)c1nc2cc(Cl)ccc2n1C. The third-order valence-corrected chi connectivity index (χ3v) is 5.13. The molecule has 1 amide bonds. The number of fused-ring (bicyclic) bond motifs is 2. The number of para-hydroxylation sites is 2. The average Bonchev–Trinajstić information content (AvgIpc) is 3.03. The summed E-state index contributed by atoms with van der Waals surface area (Å²) in [5, 5.41) is 0.599. The summed E-state index contributed by atoms with van der Waals surface area (Å²) >= 11 is 6.03. The van der Waals surface area contributed by atoms with E-state index in [-0.39, 0.29) is 25.5 Å². The number of nitrogens with zero attached hydrogens (tertiary/aromatic N) is 3. The molecule has 4 rings (SSSR count). The Labute approximate surface area is 172 Å². The lowest BCUT2D eigenvalue weighted by Gasteiger charge is -2.29. The zero-order valence-electron chi connectivity index (χ0n) is 16.1. The van der Waals surface area contributed by atoms with Gasteiger partial charge in [0, 0.05) is 18.6 Å². The van der Waals surface area contributed by atoms with Crippen LogP contribution in [-0.2, 0) is 21.4 Å². The Morgan fingerprint density at radius 1 is 1.31 bits per heavy atom. The van der Waals surface area contributed by atoms with E-state index >= 15 is 0 Å². The molecule has 1 aliphatic rings. The van der Waals surface area contributed by atoms with E-state index in [1.54, 1.807) is 36.1 Å². The van der Waals surface area contributed by atoms with Crippen molar-refractivity contribution >= 4 is 40.2 Å². The number of rotatable bonds is 5. The van der Waals surface area contributed by atoms with Gasteiger partial charge in [0.15, 0.2) is 18.5 Å². The smallest absolute Gasteiger partial charge is 0.308 e. The molecule has 8 heteroatoms. The molecule has 1 atom stereocenters. The Bertz CT molecular complexity index is 1090. The van der Waals surface area contributed by atoms with Crippen molar-refractivity contribution in [2.24, 2.45) is 7.05 Å². The molecule has 0 bridgehead atoms. The number of benzene rings is 2. The number of hydrogen-bond acceptors (Lipinski definition) is 5. The highest BCUT2D eigenvalue weighted by molar-refractivity contribution is 6.31. The third kappa shape index (κ3) is 3.78. The summed E-state index contributed by atoms with van der Waals surface area (Å²) in [6, 6.07) is 12.7. The van der Waals surface area contributed by atoms with Gasteiger partial charge in [-0.15, -0.1) is 0 Å². The Balaban J connectivity index is 1.43. The van der Waals surface area contributed by atoms with E-state index in [9.17, 15) is 9.59 Å². The molecule has 7 nitrogen and oxygen atoms in total. The normalized spacial score (nSPS) is 14.4. The van der Waals surface area contributed by atoms with Crippen molar-refractivity contribution in [3.8, 4) is 5.75 Å². The molecule has 0 spiro atoms. The molecule has 1 aromatic heterocycles. The first kappa shape index (κ1) is 19.3. The van der Waals surface area contributed by atoms with Crippen molar-refractivity contribution < 1.29 is 19.1 Å². The van der Waals surface area contributed by atoms with Gasteiger partial charge in [0.2, 0.25) is 0 Å². The fourth-order valence-electron chi connectivity index (χ4n) is 3.47. The first-order valence-electron chi connectivity index (χ1n) is 9.27. The maximum absolute atomic E-state index is 12.4. The highest BCUT2D eigenvalue weighted by Gasteiger charge is 2.26. The molecular weight excluding hydrogens is 394 g/mol. The van der Waals surface area contributed by atoms with Crippen LogP contribution in [0.25, 0.3) is 11.0 Å². The van der Waals surface area contributed by atoms with E-state index in [1.165, 1.54) is 0 Å². The summed E-state index contributed by atoms with van der Waals surface area (Å²) in [5.74, 6) is 0.673. The second kappa shape index (κ2) is 7.75. The molecule has 0 aliphatic carbocycles. The van der Waals surface area contributed by atoms with E-state index in [0.717, 1.165) is 11.0 Å². The fourth-order valence-corrected chi connectivity index (χ4v) is 3.63. The monoisotopic (exact) mass is 413 g/mol. The van der Waals surface area contributed by atoms with Crippen LogP contribution in [-0.4, -0.2) is 34.6 Å². The largest absolute Gasteiger partial charge is 0.482 e. The number of ether oxygens (including phenoxy) is 2. The Hall–Kier alpha value is -3.06. The van der Waals surface area contributed by atoms with Crippen LogP contribution in [0.15, 0.2) is 42.5 Å². The van der Waals surface area contributed by atoms with Gasteiger partial charge >= 0.3 is 5.97 Å². The standard InChI is InChI=1S/C21H20ClN3O4/c1-13(21-23-15-11-14(22)7-8-16(15)24(21)2)29-20(27)9-10-25-17-5-3-4-6-18(17)28-12-19(25)26/h3-8,11,13H,9-10,12H2,1-2H3/t13-/m1/s1. The molecule has 1 aliphatic heterocycles. The lowest BCUT2D eigenvalue weighted by molar-refractivity contribution is -0.148. The van der Waals surface area contributed by atoms with Crippen LogP contribution < -0.4 is 9.64 Å². The number of imidazole rings is 1. The summed E-state index contributed by atoms with van der Waals surface area (Å²) in [4.78, 5) is 30.7. The maximum Gasteiger partial charge on any atom is 0.308 e. The quantitative estimate of drug-likeness (QED) is 0.597. The fraction of sp³-hybridized carbons (Fsp3) is 0.286. The van der Waals surface area contributed by atoms with Gasteiger partial charge in [-0.3, -0.25) is 9.59 Å². The molecule has 0 fully saturated rings. The number of aryl methyl sites for hydroxylation is 1. The summed E-state index contributed by atoms with van der Waals surface area (Å²) in [7, 11) is 1.87. The summed E-state index contributed by atoms with van der Waals surface area (Å²) in [6.45, 7) is 1.96. The van der Waals surface area contributed by atoms with E-state index in [4.69, 9.17) is 21.1 Å². The molecule has 0 saturated heterocycles. The number of carbonyl (C=O) groups is 2. The van der Waals surface area contributed by atoms with Crippen molar-refractivity contribution in [1.82, 2.24) is 9.55 Å². The minimum Gasteiger partial charge on any atom is -0.482 e. The van der Waals surface area contributed by atoms with Crippen LogP contribution >= 0.6 is 11.6 Å². The van der Waals surface area contributed by atoms with Crippen molar-refractivity contribution in [3.63, 3.8) is 0 Å². The molecular formula is C21H20ClN3O4. The number of amides is 1. The van der Waals surface area contributed by atoms with Crippen molar-refractivity contribution in [3.05, 3.63) is 53.3 Å². The van der Waals surface area contributed by atoms with Crippen LogP contribution in [0.2, 0.25) is 5.02 Å². The van der Waals surface area contributed by atoms with Crippen LogP contribution in [0, 0.1) is 0 Å². The van der Waals surface area contributed by atoms with Gasteiger partial charge in [-0.25, -0.2) is 4.98 Å². The van der Waals surface area contributed by atoms with E-state index < -0.39 is 12.1 Å².